The molecule has 1 unspecified atom stereocenters. The highest BCUT2D eigenvalue weighted by Gasteiger charge is 2.58. The van der Waals surface area contributed by atoms with Crippen molar-refractivity contribution < 1.29 is 18.6 Å². The van der Waals surface area contributed by atoms with Crippen LogP contribution in [0.4, 0.5) is 0 Å². The van der Waals surface area contributed by atoms with Crippen LogP contribution >= 0.6 is 11.8 Å². The van der Waals surface area contributed by atoms with E-state index in [9.17, 15) is 0 Å². The average molecular weight is 340 g/mol. The number of rotatable bonds is 4. The van der Waals surface area contributed by atoms with Crippen LogP contribution in [0.25, 0.3) is 0 Å². The molecule has 0 aromatic rings. The topological polar surface area (TPSA) is 36.9 Å². The highest BCUT2D eigenvalue weighted by Crippen LogP contribution is 2.43. The monoisotopic (exact) mass is 340 g/mol. The minimum Gasteiger partial charge on any atom is -0.402 e. The molecule has 0 spiro atoms. The molecule has 2 aliphatic heterocycles. The van der Waals surface area contributed by atoms with Crippen LogP contribution < -0.4 is 0 Å². The van der Waals surface area contributed by atoms with Crippen molar-refractivity contribution in [3.8, 4) is 0 Å². The Hall–Kier alpha value is 0.0599. The summed E-state index contributed by atoms with van der Waals surface area (Å²) in [6.45, 7) is 20.7. The highest BCUT2D eigenvalue weighted by atomic mass is 32.2. The van der Waals surface area contributed by atoms with Crippen LogP contribution in [0.15, 0.2) is 12.1 Å². The Kier molecular flexibility index (Phi) is 4.89. The van der Waals surface area contributed by atoms with Crippen molar-refractivity contribution in [3.63, 3.8) is 0 Å². The third-order valence-corrected chi connectivity index (χ3v) is 6.73. The predicted molar refractivity (Wildman–Crippen MR) is 98.6 cm³/mol. The minimum absolute atomic E-state index is 0.0502. The fourth-order valence-corrected chi connectivity index (χ4v) is 3.33. The molecule has 130 valence electrons. The molecule has 0 amide bonds. The van der Waals surface area contributed by atoms with Gasteiger partial charge in [0.25, 0.3) is 0 Å². The molecule has 2 saturated heterocycles. The number of thioether (sulfide) groups is 1. The number of hydrogen-bond donors (Lipinski definition) is 0. The molecule has 0 bridgehead atoms. The molecule has 4 nitrogen and oxygen atoms in total. The van der Waals surface area contributed by atoms with Crippen LogP contribution in [0.5, 0.6) is 0 Å². The summed E-state index contributed by atoms with van der Waals surface area (Å²) in [5.74, 6) is 0. The van der Waals surface area contributed by atoms with Crippen molar-refractivity contribution in [1.82, 2.24) is 0 Å². The van der Waals surface area contributed by atoms with Crippen LogP contribution in [0, 0.1) is 0 Å². The van der Waals surface area contributed by atoms with Gasteiger partial charge in [-0.2, -0.15) is 11.8 Å². The molecular formula is C16H30B2O4S. The Balaban J connectivity index is 2.16. The van der Waals surface area contributed by atoms with Gasteiger partial charge in [-0.15, -0.1) is 6.58 Å². The Bertz CT molecular complexity index is 458. The maximum atomic E-state index is 6.19. The van der Waals surface area contributed by atoms with E-state index < -0.39 is 7.12 Å². The molecule has 0 aliphatic carbocycles. The Morgan fingerprint density at radius 3 is 1.48 bits per heavy atom. The normalized spacial score (nSPS) is 28.9. The Morgan fingerprint density at radius 1 is 0.783 bits per heavy atom. The summed E-state index contributed by atoms with van der Waals surface area (Å²) in [6.07, 6.45) is 2.03. The third kappa shape index (κ3) is 3.28. The van der Waals surface area contributed by atoms with Gasteiger partial charge < -0.3 is 18.6 Å². The molecule has 2 aliphatic rings. The zero-order chi connectivity index (χ0) is 17.8. The van der Waals surface area contributed by atoms with E-state index in [0.29, 0.717) is 0 Å². The number of hydrogen-bond acceptors (Lipinski definition) is 5. The minimum atomic E-state index is -0.448. The lowest BCUT2D eigenvalue weighted by Crippen LogP contribution is -2.41. The van der Waals surface area contributed by atoms with Gasteiger partial charge in [0.05, 0.1) is 27.6 Å². The van der Waals surface area contributed by atoms with E-state index in [1.807, 2.05) is 34.0 Å². The summed E-state index contributed by atoms with van der Waals surface area (Å²) >= 11 is 1.65. The summed E-state index contributed by atoms with van der Waals surface area (Å²) in [6, 6.07) is 0. The fourth-order valence-electron chi connectivity index (χ4n) is 2.58. The fraction of sp³-hybridized carbons (Fsp3) is 0.875. The second-order valence-electron chi connectivity index (χ2n) is 8.44. The summed E-state index contributed by atoms with van der Waals surface area (Å²) in [7, 11) is -0.807. The van der Waals surface area contributed by atoms with Crippen molar-refractivity contribution in [1.29, 1.82) is 0 Å². The van der Waals surface area contributed by atoms with Gasteiger partial charge in [0, 0.05) is 0 Å². The van der Waals surface area contributed by atoms with Gasteiger partial charge in [-0.1, -0.05) is 0 Å². The highest BCUT2D eigenvalue weighted by molar-refractivity contribution is 8.00. The molecule has 2 fully saturated rings. The van der Waals surface area contributed by atoms with Gasteiger partial charge in [0.2, 0.25) is 0 Å². The second-order valence-corrected chi connectivity index (χ2v) is 9.42. The zero-order valence-corrected chi connectivity index (χ0v) is 16.8. The maximum absolute atomic E-state index is 6.19. The standard InChI is InChI=1S/C16H30B2O4S/c1-11(17-19-13(2,3)14(4,5)20-17)12(23-10)18-21-15(6,7)16(8,9)22-18/h12H,1H2,2-10H3. The van der Waals surface area contributed by atoms with Crippen LogP contribution in [-0.4, -0.2) is 48.0 Å². The molecule has 1 atom stereocenters. The third-order valence-electron chi connectivity index (χ3n) is 5.69. The van der Waals surface area contributed by atoms with Gasteiger partial charge in [-0.3, -0.25) is 0 Å². The smallest absolute Gasteiger partial charge is 0.402 e. The quantitative estimate of drug-likeness (QED) is 0.732. The molecule has 0 aromatic heterocycles. The first-order valence-corrected chi connectivity index (χ1v) is 9.46. The van der Waals surface area contributed by atoms with E-state index in [0.717, 1.165) is 5.47 Å². The molecule has 0 N–H and O–H groups in total. The van der Waals surface area contributed by atoms with Crippen molar-refractivity contribution in [2.75, 3.05) is 6.26 Å². The second kappa shape index (κ2) is 5.80. The summed E-state index contributed by atoms with van der Waals surface area (Å²) in [5, 5.41) is -0.0502. The molecule has 7 heteroatoms. The largest absolute Gasteiger partial charge is 0.490 e. The molecule has 0 radical (unpaired) electrons. The summed E-state index contributed by atoms with van der Waals surface area (Å²) < 4.78 is 24.6. The Labute approximate surface area is 146 Å². The van der Waals surface area contributed by atoms with Gasteiger partial charge in [0.15, 0.2) is 0 Å². The molecule has 2 heterocycles. The van der Waals surface area contributed by atoms with Gasteiger partial charge >= 0.3 is 14.2 Å². The first kappa shape index (κ1) is 19.4. The van der Waals surface area contributed by atoms with Gasteiger partial charge in [-0.25, -0.2) is 0 Å². The van der Waals surface area contributed by atoms with E-state index >= 15 is 0 Å². The average Bonchev–Trinajstić information content (AvgIpc) is 2.70. The lowest BCUT2D eigenvalue weighted by molar-refractivity contribution is 0.00578. The van der Waals surface area contributed by atoms with Crippen LogP contribution in [0.3, 0.4) is 0 Å². The van der Waals surface area contributed by atoms with E-state index in [1.54, 1.807) is 11.8 Å². The van der Waals surface area contributed by atoms with Crippen molar-refractivity contribution >= 4 is 26.0 Å². The van der Waals surface area contributed by atoms with E-state index in [2.05, 4.69) is 34.3 Å². The van der Waals surface area contributed by atoms with Crippen LogP contribution in [0.2, 0.25) is 0 Å². The lowest BCUT2D eigenvalue weighted by atomic mass is 9.66. The molecule has 23 heavy (non-hydrogen) atoms. The van der Waals surface area contributed by atoms with Crippen molar-refractivity contribution in [3.05, 3.63) is 12.1 Å². The van der Waals surface area contributed by atoms with Gasteiger partial charge in [0.1, 0.15) is 0 Å². The van der Waals surface area contributed by atoms with E-state index in [4.69, 9.17) is 18.6 Å². The van der Waals surface area contributed by atoms with Crippen LogP contribution in [0.1, 0.15) is 55.4 Å². The van der Waals surface area contributed by atoms with Crippen LogP contribution in [-0.2, 0) is 18.6 Å². The van der Waals surface area contributed by atoms with Gasteiger partial charge in [-0.05, 0) is 67.1 Å². The lowest BCUT2D eigenvalue weighted by Gasteiger charge is -2.32. The van der Waals surface area contributed by atoms with E-state index in [-0.39, 0.29) is 34.7 Å². The van der Waals surface area contributed by atoms with Crippen molar-refractivity contribution in [2.45, 2.75) is 82.9 Å². The summed E-state index contributed by atoms with van der Waals surface area (Å²) in [4.78, 5) is 0. The first-order chi connectivity index (χ1) is 10.2. The van der Waals surface area contributed by atoms with E-state index in [1.165, 1.54) is 0 Å². The zero-order valence-electron chi connectivity index (χ0n) is 16.0. The predicted octanol–water partition coefficient (Wildman–Crippen LogP) is 3.54. The molecule has 2 rings (SSSR count). The van der Waals surface area contributed by atoms with Crippen molar-refractivity contribution in [2.24, 2.45) is 0 Å². The maximum Gasteiger partial charge on any atom is 0.490 e. The molecule has 0 aromatic carbocycles. The first-order valence-electron chi connectivity index (χ1n) is 8.17. The Morgan fingerprint density at radius 2 is 1.13 bits per heavy atom. The SMILES string of the molecule is C=C(B1OC(C)(C)C(C)(C)O1)C(SC)B1OC(C)(C)C(C)(C)O1. The molecular weight excluding hydrogens is 310 g/mol. The summed E-state index contributed by atoms with van der Waals surface area (Å²) in [5.41, 5.74) is -0.613. The molecule has 0 saturated carbocycles.